The van der Waals surface area contributed by atoms with E-state index in [1.54, 1.807) is 7.05 Å². The van der Waals surface area contributed by atoms with Crippen LogP contribution in [0.5, 0.6) is 5.75 Å². The quantitative estimate of drug-likeness (QED) is 0.323. The zero-order valence-electron chi connectivity index (χ0n) is 22.1. The van der Waals surface area contributed by atoms with Crippen LogP contribution in [-0.2, 0) is 16.0 Å². The van der Waals surface area contributed by atoms with Gasteiger partial charge in [0.15, 0.2) is 5.96 Å². The van der Waals surface area contributed by atoms with Crippen molar-refractivity contribution >= 4 is 12.4 Å². The number of guanidine groups is 1. The van der Waals surface area contributed by atoms with E-state index in [9.17, 15) is 4.79 Å². The molecule has 1 fully saturated rings. The molecule has 2 aromatic carbocycles. The van der Waals surface area contributed by atoms with Crippen LogP contribution in [0.2, 0.25) is 0 Å². The Hall–Kier alpha value is -2.86. The minimum absolute atomic E-state index is 0.111. The van der Waals surface area contributed by atoms with Crippen molar-refractivity contribution in [2.75, 3.05) is 26.9 Å². The van der Waals surface area contributed by atoms with Crippen molar-refractivity contribution in [1.29, 1.82) is 0 Å². The molecule has 0 saturated carbocycles. The second-order valence-electron chi connectivity index (χ2n) is 8.85. The third-order valence-corrected chi connectivity index (χ3v) is 6.13. The molecule has 4 rings (SSSR count). The Labute approximate surface area is 211 Å². The Bertz CT molecular complexity index is 939. The van der Waals surface area contributed by atoms with E-state index in [-0.39, 0.29) is 12.0 Å². The maximum atomic E-state index is 10.9. The molecule has 35 heavy (non-hydrogen) atoms. The van der Waals surface area contributed by atoms with Crippen molar-refractivity contribution < 1.29 is 14.3 Å². The molecule has 1 saturated heterocycles. The van der Waals surface area contributed by atoms with Crippen LogP contribution < -0.4 is 10.5 Å². The van der Waals surface area contributed by atoms with Gasteiger partial charge in [0.25, 0.3) is 0 Å². The lowest BCUT2D eigenvalue weighted by atomic mass is 9.94. The van der Waals surface area contributed by atoms with E-state index in [2.05, 4.69) is 55.2 Å². The Morgan fingerprint density at radius 3 is 2.43 bits per heavy atom. The number of fused-ring (bicyclic) bond motifs is 1. The number of nitrogens with two attached hydrogens (primary N) is 1. The number of aliphatic imine (C=N–C) groups is 1. The third-order valence-electron chi connectivity index (χ3n) is 6.13. The van der Waals surface area contributed by atoms with E-state index in [1.165, 1.54) is 28.9 Å². The Morgan fingerprint density at radius 2 is 1.80 bits per heavy atom. The molecule has 0 radical (unpaired) electrons. The Morgan fingerprint density at radius 1 is 1.09 bits per heavy atom. The average Bonchev–Trinajstić information content (AvgIpc) is 2.90. The fourth-order valence-electron chi connectivity index (χ4n) is 4.01. The Kier molecular flexibility index (Phi) is 12.3. The van der Waals surface area contributed by atoms with Crippen molar-refractivity contribution in [3.63, 3.8) is 0 Å². The van der Waals surface area contributed by atoms with E-state index >= 15 is 0 Å². The van der Waals surface area contributed by atoms with Gasteiger partial charge in [0.2, 0.25) is 6.41 Å². The van der Waals surface area contributed by atoms with E-state index < -0.39 is 0 Å². The first-order chi connectivity index (χ1) is 17.0. The second kappa shape index (κ2) is 15.2. The van der Waals surface area contributed by atoms with Crippen molar-refractivity contribution in [2.45, 2.75) is 65.8 Å². The highest BCUT2D eigenvalue weighted by atomic mass is 16.5. The van der Waals surface area contributed by atoms with Crippen LogP contribution in [0.25, 0.3) is 11.1 Å². The van der Waals surface area contributed by atoms with E-state index in [0.29, 0.717) is 13.0 Å². The lowest BCUT2D eigenvalue weighted by Gasteiger charge is -2.25. The SMILES string of the molecule is CC.CC1CCOCC1.CCCc1cccc(-c2ccc3c(c2)C(N=C(N)N(C)C=O)CCO3)c1. The molecule has 1 unspecified atom stereocenters. The van der Waals surface area contributed by atoms with Crippen molar-refractivity contribution in [2.24, 2.45) is 16.6 Å². The fraction of sp³-hybridized carbons (Fsp3) is 0.517. The highest BCUT2D eigenvalue weighted by molar-refractivity contribution is 5.87. The van der Waals surface area contributed by atoms with Crippen molar-refractivity contribution in [3.05, 3.63) is 53.6 Å². The van der Waals surface area contributed by atoms with Crippen LogP contribution >= 0.6 is 0 Å². The molecule has 2 heterocycles. The third kappa shape index (κ3) is 8.70. The fourth-order valence-corrected chi connectivity index (χ4v) is 4.01. The minimum Gasteiger partial charge on any atom is -0.493 e. The monoisotopic (exact) mass is 481 g/mol. The van der Waals surface area contributed by atoms with Crippen LogP contribution in [0.3, 0.4) is 0 Å². The first-order valence-electron chi connectivity index (χ1n) is 13.0. The minimum atomic E-state index is -0.111. The van der Waals surface area contributed by atoms with Crippen LogP contribution in [0.1, 0.15) is 70.5 Å². The molecule has 6 nitrogen and oxygen atoms in total. The molecule has 2 aliphatic rings. The molecular formula is C29H43N3O3. The summed E-state index contributed by atoms with van der Waals surface area (Å²) < 4.78 is 10.9. The van der Waals surface area contributed by atoms with E-state index in [4.69, 9.17) is 15.2 Å². The molecule has 2 aromatic rings. The molecule has 0 aliphatic carbocycles. The molecular weight excluding hydrogens is 438 g/mol. The molecule has 0 aromatic heterocycles. The Balaban J connectivity index is 0.000000407. The number of hydrogen-bond acceptors (Lipinski definition) is 4. The summed E-state index contributed by atoms with van der Waals surface area (Å²) in [7, 11) is 1.60. The van der Waals surface area contributed by atoms with Gasteiger partial charge in [-0.3, -0.25) is 9.69 Å². The van der Waals surface area contributed by atoms with Gasteiger partial charge in [-0.2, -0.15) is 0 Å². The molecule has 0 spiro atoms. The van der Waals surface area contributed by atoms with Gasteiger partial charge in [0.05, 0.1) is 12.6 Å². The number of amides is 1. The smallest absolute Gasteiger partial charge is 0.216 e. The van der Waals surface area contributed by atoms with Crippen molar-refractivity contribution in [1.82, 2.24) is 4.90 Å². The molecule has 1 atom stereocenters. The first kappa shape index (κ1) is 28.4. The van der Waals surface area contributed by atoms with Gasteiger partial charge < -0.3 is 15.2 Å². The van der Waals surface area contributed by atoms with Gasteiger partial charge in [0.1, 0.15) is 5.75 Å². The summed E-state index contributed by atoms with van der Waals surface area (Å²) in [5, 5.41) is 0. The summed E-state index contributed by atoms with van der Waals surface area (Å²) in [6.07, 6.45) is 6.12. The maximum absolute atomic E-state index is 10.9. The normalized spacial score (nSPS) is 17.5. The van der Waals surface area contributed by atoms with Crippen LogP contribution in [0, 0.1) is 5.92 Å². The number of hydrogen-bond donors (Lipinski definition) is 1. The highest BCUT2D eigenvalue weighted by Gasteiger charge is 2.22. The number of aryl methyl sites for hydroxylation is 1. The van der Waals surface area contributed by atoms with Gasteiger partial charge in [0, 0.05) is 32.2 Å². The predicted molar refractivity (Wildman–Crippen MR) is 145 cm³/mol. The standard InChI is InChI=1S/C21H25N3O2.C6H12O.C2H6/c1-3-5-15-6-4-7-16(12-15)17-8-9-20-18(13-17)19(10-11-26-20)23-21(22)24(2)14-25;1-6-2-4-7-5-3-6;1-2/h4,6-9,12-14,19H,3,5,10-11H2,1-2H3,(H2,22,23);6H,2-5H2,1H3;1-2H3. The number of ether oxygens (including phenoxy) is 2. The first-order valence-corrected chi connectivity index (χ1v) is 13.0. The van der Waals surface area contributed by atoms with Crippen LogP contribution in [-0.4, -0.2) is 44.1 Å². The number of rotatable bonds is 5. The van der Waals surface area contributed by atoms with Gasteiger partial charge >= 0.3 is 0 Å². The number of carbonyl (C=O) groups excluding carboxylic acids is 1. The number of carbonyl (C=O) groups is 1. The highest BCUT2D eigenvalue weighted by Crippen LogP contribution is 2.37. The van der Waals surface area contributed by atoms with E-state index in [0.717, 1.165) is 55.3 Å². The molecule has 192 valence electrons. The number of nitrogens with zero attached hydrogens (tertiary/aromatic N) is 2. The molecule has 2 N–H and O–H groups in total. The number of benzene rings is 2. The lowest BCUT2D eigenvalue weighted by molar-refractivity contribution is -0.114. The summed E-state index contributed by atoms with van der Waals surface area (Å²) in [4.78, 5) is 16.7. The molecule has 6 heteroatoms. The predicted octanol–water partition coefficient (Wildman–Crippen LogP) is 5.99. The largest absolute Gasteiger partial charge is 0.493 e. The lowest BCUT2D eigenvalue weighted by Crippen LogP contribution is -2.33. The summed E-state index contributed by atoms with van der Waals surface area (Å²) in [5.41, 5.74) is 10.6. The van der Waals surface area contributed by atoms with Crippen LogP contribution in [0.4, 0.5) is 0 Å². The van der Waals surface area contributed by atoms with Gasteiger partial charge in [-0.05, 0) is 54.0 Å². The summed E-state index contributed by atoms with van der Waals surface area (Å²) in [5.74, 6) is 1.96. The zero-order chi connectivity index (χ0) is 25.6. The molecule has 1 amide bonds. The maximum Gasteiger partial charge on any atom is 0.216 e. The van der Waals surface area contributed by atoms with Gasteiger partial charge in [-0.15, -0.1) is 0 Å². The van der Waals surface area contributed by atoms with Crippen molar-refractivity contribution in [3.8, 4) is 16.9 Å². The van der Waals surface area contributed by atoms with Crippen LogP contribution in [0.15, 0.2) is 47.5 Å². The topological polar surface area (TPSA) is 77.2 Å². The summed E-state index contributed by atoms with van der Waals surface area (Å²) in [6.45, 7) is 11.0. The summed E-state index contributed by atoms with van der Waals surface area (Å²) in [6, 6.07) is 14.7. The molecule has 2 aliphatic heterocycles. The summed E-state index contributed by atoms with van der Waals surface area (Å²) >= 11 is 0. The van der Waals surface area contributed by atoms with E-state index in [1.807, 2.05) is 19.9 Å². The molecule has 0 bridgehead atoms. The van der Waals surface area contributed by atoms with Gasteiger partial charge in [-0.1, -0.05) is 64.4 Å². The van der Waals surface area contributed by atoms with Gasteiger partial charge in [-0.25, -0.2) is 4.99 Å². The zero-order valence-corrected chi connectivity index (χ0v) is 22.1. The second-order valence-corrected chi connectivity index (χ2v) is 8.85. The average molecular weight is 482 g/mol.